The first kappa shape index (κ1) is 10.2. The molecule has 0 bridgehead atoms. The second-order valence-electron chi connectivity index (χ2n) is 3.97. The van der Waals surface area contributed by atoms with Gasteiger partial charge in [-0.2, -0.15) is 5.10 Å². The summed E-state index contributed by atoms with van der Waals surface area (Å²) >= 11 is 0. The molecule has 0 saturated carbocycles. The number of rotatable bonds is 2. The Morgan fingerprint density at radius 2 is 2.53 bits per heavy atom. The summed E-state index contributed by atoms with van der Waals surface area (Å²) in [5, 5.41) is 10.1. The van der Waals surface area contributed by atoms with Gasteiger partial charge in [-0.25, -0.2) is 0 Å². The standard InChI is InChI=1S/C10H16N4O/c1-7-8(3-5-11-7)10(15)13-9-4-6-12-14(9)2/h4,6-8,11H,3,5H2,1-2H3,(H,13,15). The molecule has 0 aromatic carbocycles. The molecule has 2 N–H and O–H groups in total. The zero-order valence-electron chi connectivity index (χ0n) is 9.03. The summed E-state index contributed by atoms with van der Waals surface area (Å²) in [6.45, 7) is 2.96. The van der Waals surface area contributed by atoms with Gasteiger partial charge in [0.2, 0.25) is 5.91 Å². The Hall–Kier alpha value is -1.36. The van der Waals surface area contributed by atoms with Crippen LogP contribution in [0.4, 0.5) is 5.82 Å². The average molecular weight is 208 g/mol. The molecule has 2 rings (SSSR count). The zero-order valence-corrected chi connectivity index (χ0v) is 9.03. The number of nitrogens with one attached hydrogen (secondary N) is 2. The molecule has 0 spiro atoms. The van der Waals surface area contributed by atoms with E-state index in [0.717, 1.165) is 18.8 Å². The normalized spacial score (nSPS) is 25.5. The Bertz CT molecular complexity index is 360. The highest BCUT2D eigenvalue weighted by atomic mass is 16.2. The molecular weight excluding hydrogens is 192 g/mol. The van der Waals surface area contributed by atoms with E-state index in [2.05, 4.69) is 15.7 Å². The van der Waals surface area contributed by atoms with Crippen LogP contribution < -0.4 is 10.6 Å². The van der Waals surface area contributed by atoms with Crippen LogP contribution in [0.25, 0.3) is 0 Å². The lowest BCUT2D eigenvalue weighted by molar-refractivity contribution is -0.120. The topological polar surface area (TPSA) is 59.0 Å². The molecule has 5 heteroatoms. The average Bonchev–Trinajstić information content (AvgIpc) is 2.76. The molecule has 82 valence electrons. The van der Waals surface area contributed by atoms with Crippen LogP contribution in [0.3, 0.4) is 0 Å². The van der Waals surface area contributed by atoms with E-state index in [4.69, 9.17) is 0 Å². The number of hydrogen-bond donors (Lipinski definition) is 2. The third-order valence-electron chi connectivity index (χ3n) is 2.93. The van der Waals surface area contributed by atoms with E-state index in [-0.39, 0.29) is 17.9 Å². The van der Waals surface area contributed by atoms with Gasteiger partial charge in [-0.15, -0.1) is 0 Å². The van der Waals surface area contributed by atoms with Crippen LogP contribution in [0.5, 0.6) is 0 Å². The van der Waals surface area contributed by atoms with Crippen LogP contribution in [0.2, 0.25) is 0 Å². The Morgan fingerprint density at radius 3 is 3.07 bits per heavy atom. The van der Waals surface area contributed by atoms with E-state index in [9.17, 15) is 4.79 Å². The molecule has 2 unspecified atom stereocenters. The highest BCUT2D eigenvalue weighted by Gasteiger charge is 2.29. The maximum absolute atomic E-state index is 11.9. The lowest BCUT2D eigenvalue weighted by Crippen LogP contribution is -2.32. The van der Waals surface area contributed by atoms with Crippen LogP contribution in [-0.4, -0.2) is 28.3 Å². The maximum Gasteiger partial charge on any atom is 0.230 e. The van der Waals surface area contributed by atoms with E-state index in [1.807, 2.05) is 14.0 Å². The minimum Gasteiger partial charge on any atom is -0.313 e. The van der Waals surface area contributed by atoms with E-state index < -0.39 is 0 Å². The molecule has 0 aliphatic carbocycles. The molecule has 1 aromatic heterocycles. The van der Waals surface area contributed by atoms with Gasteiger partial charge in [0.25, 0.3) is 0 Å². The molecule has 1 amide bonds. The Balaban J connectivity index is 2.01. The van der Waals surface area contributed by atoms with Gasteiger partial charge in [0.15, 0.2) is 0 Å². The van der Waals surface area contributed by atoms with Crippen molar-refractivity contribution >= 4 is 11.7 Å². The van der Waals surface area contributed by atoms with Crippen molar-refractivity contribution in [1.29, 1.82) is 0 Å². The van der Waals surface area contributed by atoms with Crippen LogP contribution in [-0.2, 0) is 11.8 Å². The molecule has 15 heavy (non-hydrogen) atoms. The Labute approximate surface area is 88.8 Å². The monoisotopic (exact) mass is 208 g/mol. The quantitative estimate of drug-likeness (QED) is 0.737. The van der Waals surface area contributed by atoms with Gasteiger partial charge in [0.05, 0.1) is 12.1 Å². The number of amides is 1. The molecule has 1 aliphatic heterocycles. The summed E-state index contributed by atoms with van der Waals surface area (Å²) in [5.74, 6) is 0.898. The van der Waals surface area contributed by atoms with Gasteiger partial charge in [0.1, 0.15) is 5.82 Å². The van der Waals surface area contributed by atoms with Crippen LogP contribution in [0, 0.1) is 5.92 Å². The minimum atomic E-state index is 0.0694. The van der Waals surface area contributed by atoms with Crippen molar-refractivity contribution in [2.24, 2.45) is 13.0 Å². The molecule has 2 heterocycles. The fourth-order valence-electron chi connectivity index (χ4n) is 1.93. The third kappa shape index (κ3) is 2.02. The predicted molar refractivity (Wildman–Crippen MR) is 57.4 cm³/mol. The molecule has 1 fully saturated rings. The van der Waals surface area contributed by atoms with Crippen LogP contribution in [0.15, 0.2) is 12.3 Å². The SMILES string of the molecule is CC1NCCC1C(=O)Nc1ccnn1C. The first-order chi connectivity index (χ1) is 7.18. The fraction of sp³-hybridized carbons (Fsp3) is 0.600. The van der Waals surface area contributed by atoms with Gasteiger partial charge in [-0.3, -0.25) is 9.48 Å². The lowest BCUT2D eigenvalue weighted by Gasteiger charge is -2.14. The number of aromatic nitrogens is 2. The summed E-state index contributed by atoms with van der Waals surface area (Å²) in [5.41, 5.74) is 0. The third-order valence-corrected chi connectivity index (χ3v) is 2.93. The largest absolute Gasteiger partial charge is 0.313 e. The van der Waals surface area contributed by atoms with Crippen molar-refractivity contribution in [2.45, 2.75) is 19.4 Å². The van der Waals surface area contributed by atoms with Crippen molar-refractivity contribution in [3.63, 3.8) is 0 Å². The highest BCUT2D eigenvalue weighted by molar-refractivity contribution is 5.92. The smallest absolute Gasteiger partial charge is 0.230 e. The van der Waals surface area contributed by atoms with Gasteiger partial charge in [-0.05, 0) is 19.9 Å². The molecule has 0 radical (unpaired) electrons. The summed E-state index contributed by atoms with van der Waals surface area (Å²) in [7, 11) is 1.81. The van der Waals surface area contributed by atoms with Crippen molar-refractivity contribution < 1.29 is 4.79 Å². The molecule has 2 atom stereocenters. The zero-order chi connectivity index (χ0) is 10.8. The van der Waals surface area contributed by atoms with E-state index in [0.29, 0.717) is 0 Å². The number of nitrogens with zero attached hydrogens (tertiary/aromatic N) is 2. The Morgan fingerprint density at radius 1 is 1.73 bits per heavy atom. The number of hydrogen-bond acceptors (Lipinski definition) is 3. The molecule has 1 aliphatic rings. The minimum absolute atomic E-state index is 0.0694. The second-order valence-corrected chi connectivity index (χ2v) is 3.97. The van der Waals surface area contributed by atoms with Crippen molar-refractivity contribution in [2.75, 3.05) is 11.9 Å². The van der Waals surface area contributed by atoms with Crippen LogP contribution >= 0.6 is 0 Å². The van der Waals surface area contributed by atoms with Crippen molar-refractivity contribution in [3.05, 3.63) is 12.3 Å². The fourth-order valence-corrected chi connectivity index (χ4v) is 1.93. The number of anilines is 1. The van der Waals surface area contributed by atoms with Crippen LogP contribution in [0.1, 0.15) is 13.3 Å². The predicted octanol–water partition coefficient (Wildman–Crippen LogP) is 0.357. The van der Waals surface area contributed by atoms with Gasteiger partial charge in [0, 0.05) is 19.2 Å². The van der Waals surface area contributed by atoms with E-state index >= 15 is 0 Å². The molecule has 1 aromatic rings. The first-order valence-corrected chi connectivity index (χ1v) is 5.20. The highest BCUT2D eigenvalue weighted by Crippen LogP contribution is 2.17. The van der Waals surface area contributed by atoms with Gasteiger partial charge < -0.3 is 10.6 Å². The molecular formula is C10H16N4O. The van der Waals surface area contributed by atoms with Crippen molar-refractivity contribution in [1.82, 2.24) is 15.1 Å². The van der Waals surface area contributed by atoms with E-state index in [1.54, 1.807) is 16.9 Å². The molecule has 5 nitrogen and oxygen atoms in total. The van der Waals surface area contributed by atoms with Crippen molar-refractivity contribution in [3.8, 4) is 0 Å². The number of carbonyl (C=O) groups is 1. The lowest BCUT2D eigenvalue weighted by atomic mass is 10.0. The summed E-state index contributed by atoms with van der Waals surface area (Å²) in [6.07, 6.45) is 2.58. The maximum atomic E-state index is 11.9. The van der Waals surface area contributed by atoms with Gasteiger partial charge >= 0.3 is 0 Å². The number of aryl methyl sites for hydroxylation is 1. The summed E-state index contributed by atoms with van der Waals surface area (Å²) in [6, 6.07) is 2.06. The second kappa shape index (κ2) is 4.02. The van der Waals surface area contributed by atoms with Gasteiger partial charge in [-0.1, -0.05) is 0 Å². The summed E-state index contributed by atoms with van der Waals surface area (Å²) < 4.78 is 1.66. The van der Waals surface area contributed by atoms with E-state index in [1.165, 1.54) is 0 Å². The number of carbonyl (C=O) groups excluding carboxylic acids is 1. The first-order valence-electron chi connectivity index (χ1n) is 5.20. The summed E-state index contributed by atoms with van der Waals surface area (Å²) in [4.78, 5) is 11.9. The molecule has 1 saturated heterocycles. The Kier molecular flexibility index (Phi) is 2.73.